The van der Waals surface area contributed by atoms with Crippen molar-refractivity contribution in [3.63, 3.8) is 0 Å². The molecule has 0 aromatic carbocycles. The van der Waals surface area contributed by atoms with Crippen molar-refractivity contribution in [2.75, 3.05) is 0 Å². The van der Waals surface area contributed by atoms with Gasteiger partial charge in [0.05, 0.1) is 0 Å². The van der Waals surface area contributed by atoms with Crippen LogP contribution in [0.1, 0.15) is 47.0 Å². The molecule has 0 amide bonds. The normalized spacial score (nSPS) is 34.8. The molecule has 0 aliphatic heterocycles. The molecule has 2 rings (SSSR count). The topological polar surface area (TPSA) is 26.0 Å². The molecular weight excluding hydrogens is 146 g/mol. The Kier molecular flexibility index (Phi) is 1.35. The summed E-state index contributed by atoms with van der Waals surface area (Å²) in [6.45, 7) is 9.51. The van der Waals surface area contributed by atoms with E-state index in [-0.39, 0.29) is 5.54 Å². The van der Waals surface area contributed by atoms with Gasteiger partial charge in [0.25, 0.3) is 0 Å². The minimum Gasteiger partial charge on any atom is -0.325 e. The third kappa shape index (κ3) is 0.953. The lowest BCUT2D eigenvalue weighted by Crippen LogP contribution is -2.23. The van der Waals surface area contributed by atoms with Crippen molar-refractivity contribution in [2.45, 2.75) is 52.5 Å². The fourth-order valence-corrected chi connectivity index (χ4v) is 2.61. The fraction of sp³-hybridized carbons (Fsp3) is 1.00. The highest BCUT2D eigenvalue weighted by Gasteiger charge is 2.66. The third-order valence-electron chi connectivity index (χ3n) is 4.82. The Morgan fingerprint density at radius 1 is 1.08 bits per heavy atom. The van der Waals surface area contributed by atoms with Crippen molar-refractivity contribution in [1.82, 2.24) is 0 Å². The molecule has 2 aliphatic rings. The highest BCUT2D eigenvalue weighted by atomic mass is 14.8. The van der Waals surface area contributed by atoms with E-state index >= 15 is 0 Å². The maximum atomic E-state index is 6.13. The summed E-state index contributed by atoms with van der Waals surface area (Å²) in [7, 11) is 0. The van der Waals surface area contributed by atoms with Gasteiger partial charge < -0.3 is 5.73 Å². The average molecular weight is 167 g/mol. The average Bonchev–Trinajstić information content (AvgIpc) is 2.71. The van der Waals surface area contributed by atoms with Crippen LogP contribution in [0.2, 0.25) is 0 Å². The summed E-state index contributed by atoms with van der Waals surface area (Å²) < 4.78 is 0. The van der Waals surface area contributed by atoms with E-state index < -0.39 is 0 Å². The van der Waals surface area contributed by atoms with Gasteiger partial charge >= 0.3 is 0 Å². The molecule has 0 aromatic rings. The van der Waals surface area contributed by atoms with E-state index in [0.717, 1.165) is 5.92 Å². The number of rotatable bonds is 2. The van der Waals surface area contributed by atoms with Crippen LogP contribution in [-0.2, 0) is 0 Å². The lowest BCUT2D eigenvalue weighted by Gasteiger charge is -2.08. The Balaban J connectivity index is 2.00. The molecule has 1 heteroatoms. The Morgan fingerprint density at radius 2 is 1.50 bits per heavy atom. The Bertz CT molecular complexity index is 197. The zero-order chi connectivity index (χ0) is 9.20. The molecule has 2 N–H and O–H groups in total. The maximum absolute atomic E-state index is 6.13. The van der Waals surface area contributed by atoms with Crippen molar-refractivity contribution in [3.8, 4) is 0 Å². The van der Waals surface area contributed by atoms with Crippen molar-refractivity contribution >= 4 is 0 Å². The molecular formula is C11H21N. The summed E-state index contributed by atoms with van der Waals surface area (Å²) in [5.41, 5.74) is 7.43. The van der Waals surface area contributed by atoms with Gasteiger partial charge in [0.2, 0.25) is 0 Å². The van der Waals surface area contributed by atoms with Gasteiger partial charge in [0, 0.05) is 5.54 Å². The Morgan fingerprint density at radius 3 is 1.75 bits per heavy atom. The van der Waals surface area contributed by atoms with E-state index in [9.17, 15) is 0 Å². The summed E-state index contributed by atoms with van der Waals surface area (Å²) in [6.07, 6.45) is 3.78. The molecule has 2 fully saturated rings. The van der Waals surface area contributed by atoms with Gasteiger partial charge in [-0.25, -0.2) is 0 Å². The van der Waals surface area contributed by atoms with Crippen molar-refractivity contribution in [1.29, 1.82) is 0 Å². The monoisotopic (exact) mass is 167 g/mol. The van der Waals surface area contributed by atoms with Crippen molar-refractivity contribution in [2.24, 2.45) is 22.5 Å². The van der Waals surface area contributed by atoms with Crippen LogP contribution >= 0.6 is 0 Å². The van der Waals surface area contributed by atoms with Crippen LogP contribution in [0.15, 0.2) is 0 Å². The third-order valence-corrected chi connectivity index (χ3v) is 4.82. The number of hydrogen-bond donors (Lipinski definition) is 1. The van der Waals surface area contributed by atoms with E-state index in [1.807, 2.05) is 0 Å². The molecule has 2 aliphatic carbocycles. The minimum atomic E-state index is 0.246. The van der Waals surface area contributed by atoms with Crippen LogP contribution in [-0.4, -0.2) is 5.54 Å². The smallest absolute Gasteiger partial charge is 0.0158 e. The second-order valence-electron chi connectivity index (χ2n) is 6.06. The summed E-state index contributed by atoms with van der Waals surface area (Å²) in [6, 6.07) is 0. The van der Waals surface area contributed by atoms with Crippen LogP contribution in [0, 0.1) is 16.7 Å². The first-order valence-corrected chi connectivity index (χ1v) is 5.08. The van der Waals surface area contributed by atoms with Gasteiger partial charge in [-0.1, -0.05) is 27.7 Å². The molecule has 1 nitrogen and oxygen atoms in total. The van der Waals surface area contributed by atoms with E-state index in [2.05, 4.69) is 27.7 Å². The molecule has 0 saturated heterocycles. The zero-order valence-corrected chi connectivity index (χ0v) is 8.78. The van der Waals surface area contributed by atoms with Crippen LogP contribution in [0.5, 0.6) is 0 Å². The van der Waals surface area contributed by atoms with E-state index in [0.29, 0.717) is 10.8 Å². The Hall–Kier alpha value is -0.0400. The fourth-order valence-electron chi connectivity index (χ4n) is 2.61. The predicted octanol–water partition coefficient (Wildman–Crippen LogP) is 2.55. The number of hydrogen-bond acceptors (Lipinski definition) is 1. The summed E-state index contributed by atoms with van der Waals surface area (Å²) in [5, 5.41) is 0. The predicted molar refractivity (Wildman–Crippen MR) is 51.8 cm³/mol. The first-order chi connectivity index (χ1) is 5.30. The molecule has 0 bridgehead atoms. The quantitative estimate of drug-likeness (QED) is 0.672. The van der Waals surface area contributed by atoms with E-state index in [4.69, 9.17) is 5.73 Å². The summed E-state index contributed by atoms with van der Waals surface area (Å²) in [4.78, 5) is 0. The minimum absolute atomic E-state index is 0.246. The molecule has 0 heterocycles. The lowest BCUT2D eigenvalue weighted by atomic mass is 10.0. The van der Waals surface area contributed by atoms with Crippen LogP contribution in [0.3, 0.4) is 0 Å². The first kappa shape index (κ1) is 8.55. The zero-order valence-electron chi connectivity index (χ0n) is 8.78. The van der Waals surface area contributed by atoms with Crippen LogP contribution in [0.25, 0.3) is 0 Å². The highest BCUT2D eigenvalue weighted by molar-refractivity contribution is 5.16. The molecule has 0 aromatic heterocycles. The second-order valence-corrected chi connectivity index (χ2v) is 6.06. The molecule has 0 unspecified atom stereocenters. The lowest BCUT2D eigenvalue weighted by molar-refractivity contribution is 0.457. The largest absolute Gasteiger partial charge is 0.325 e. The summed E-state index contributed by atoms with van der Waals surface area (Å²) >= 11 is 0. The standard InChI is InChI=1S/C11H21N/c1-9(2)8(10(9,3)4)7-11(12)5-6-11/h8H,5-7,12H2,1-4H3. The van der Waals surface area contributed by atoms with Crippen LogP contribution < -0.4 is 5.73 Å². The SMILES string of the molecule is CC1(C)C(CC2(N)CC2)C1(C)C. The molecule has 0 atom stereocenters. The van der Waals surface area contributed by atoms with E-state index in [1.54, 1.807) is 0 Å². The van der Waals surface area contributed by atoms with E-state index in [1.165, 1.54) is 19.3 Å². The van der Waals surface area contributed by atoms with Gasteiger partial charge in [-0.15, -0.1) is 0 Å². The second kappa shape index (κ2) is 1.89. The van der Waals surface area contributed by atoms with Gasteiger partial charge in [-0.2, -0.15) is 0 Å². The maximum Gasteiger partial charge on any atom is 0.0158 e. The Labute approximate surface area is 75.7 Å². The molecule has 0 spiro atoms. The molecule has 2 saturated carbocycles. The van der Waals surface area contributed by atoms with Crippen LogP contribution in [0.4, 0.5) is 0 Å². The highest BCUT2D eigenvalue weighted by Crippen LogP contribution is 2.71. The molecule has 70 valence electrons. The van der Waals surface area contributed by atoms with Gasteiger partial charge in [-0.05, 0) is 36.0 Å². The molecule has 0 radical (unpaired) electrons. The molecule has 12 heavy (non-hydrogen) atoms. The van der Waals surface area contributed by atoms with Gasteiger partial charge in [0.15, 0.2) is 0 Å². The van der Waals surface area contributed by atoms with Crippen molar-refractivity contribution < 1.29 is 0 Å². The summed E-state index contributed by atoms with van der Waals surface area (Å²) in [5.74, 6) is 0.859. The van der Waals surface area contributed by atoms with Crippen molar-refractivity contribution in [3.05, 3.63) is 0 Å². The van der Waals surface area contributed by atoms with Gasteiger partial charge in [0.1, 0.15) is 0 Å². The first-order valence-electron chi connectivity index (χ1n) is 5.08. The van der Waals surface area contributed by atoms with Gasteiger partial charge in [-0.3, -0.25) is 0 Å². The number of nitrogens with two attached hydrogens (primary N) is 1.